The lowest BCUT2D eigenvalue weighted by atomic mass is 9.99. The number of nitrogen functional groups attached to an aromatic ring is 1. The molecule has 6 heteroatoms. The van der Waals surface area contributed by atoms with E-state index in [1.165, 1.54) is 12.8 Å². The molecule has 0 atom stereocenters. The molecule has 1 fully saturated rings. The number of nitrogens with zero attached hydrogens (tertiary/aromatic N) is 3. The molecule has 0 aliphatic heterocycles. The molecule has 1 aliphatic rings. The zero-order valence-corrected chi connectivity index (χ0v) is 11.4. The molecule has 1 aromatic rings. The lowest BCUT2D eigenvalue weighted by Crippen LogP contribution is -2.34. The second-order valence-corrected chi connectivity index (χ2v) is 5.59. The van der Waals surface area contributed by atoms with Gasteiger partial charge in [0.2, 0.25) is 11.9 Å². The van der Waals surface area contributed by atoms with Crippen LogP contribution in [0.3, 0.4) is 0 Å². The van der Waals surface area contributed by atoms with Gasteiger partial charge in [-0.3, -0.25) is 0 Å². The van der Waals surface area contributed by atoms with Gasteiger partial charge in [-0.15, -0.1) is 0 Å². The molecule has 2 rings (SSSR count). The van der Waals surface area contributed by atoms with Crippen LogP contribution in [-0.4, -0.2) is 26.6 Å². The van der Waals surface area contributed by atoms with Crippen LogP contribution >= 0.6 is 0 Å². The molecule has 1 heterocycles. The molecule has 100 valence electrons. The Balaban J connectivity index is 2.14. The van der Waals surface area contributed by atoms with Crippen molar-refractivity contribution < 1.29 is 4.74 Å². The number of ether oxygens (including phenoxy) is 1. The molecule has 0 aromatic carbocycles. The Morgan fingerprint density at radius 3 is 2.50 bits per heavy atom. The zero-order chi connectivity index (χ0) is 13.3. The van der Waals surface area contributed by atoms with Crippen LogP contribution in [0.15, 0.2) is 0 Å². The van der Waals surface area contributed by atoms with E-state index < -0.39 is 0 Å². The Morgan fingerprint density at radius 2 is 1.94 bits per heavy atom. The first-order valence-corrected chi connectivity index (χ1v) is 6.33. The Bertz CT molecular complexity index is 428. The average Bonchev–Trinajstić information content (AvgIpc) is 2.96. The normalized spacial score (nSPS) is 15.8. The number of hydrogen-bond donors (Lipinski definition) is 2. The highest BCUT2D eigenvalue weighted by Gasteiger charge is 2.38. The summed E-state index contributed by atoms with van der Waals surface area (Å²) >= 11 is 0. The van der Waals surface area contributed by atoms with E-state index in [1.807, 2.05) is 13.8 Å². The molecule has 0 bridgehead atoms. The van der Waals surface area contributed by atoms with Crippen molar-refractivity contribution in [2.75, 3.05) is 11.1 Å². The van der Waals surface area contributed by atoms with Crippen molar-refractivity contribution in [2.24, 2.45) is 5.92 Å². The van der Waals surface area contributed by atoms with Gasteiger partial charge in [0.1, 0.15) is 0 Å². The van der Waals surface area contributed by atoms with Crippen LogP contribution in [0.4, 0.5) is 11.9 Å². The lowest BCUT2D eigenvalue weighted by Gasteiger charge is -2.26. The van der Waals surface area contributed by atoms with E-state index in [9.17, 15) is 0 Å². The summed E-state index contributed by atoms with van der Waals surface area (Å²) in [4.78, 5) is 12.3. The summed E-state index contributed by atoms with van der Waals surface area (Å²) < 4.78 is 5.44. The molecular weight excluding hydrogens is 230 g/mol. The first-order chi connectivity index (χ1) is 8.37. The van der Waals surface area contributed by atoms with Gasteiger partial charge < -0.3 is 15.8 Å². The van der Waals surface area contributed by atoms with Crippen LogP contribution in [-0.2, 0) is 0 Å². The van der Waals surface area contributed by atoms with Crippen LogP contribution in [0.2, 0.25) is 0 Å². The molecule has 1 aromatic heterocycles. The molecule has 0 spiro atoms. The highest BCUT2D eigenvalue weighted by atomic mass is 16.5. The minimum atomic E-state index is -0.0249. The van der Waals surface area contributed by atoms with E-state index >= 15 is 0 Å². The van der Waals surface area contributed by atoms with Crippen molar-refractivity contribution in [3.63, 3.8) is 0 Å². The van der Waals surface area contributed by atoms with E-state index in [0.717, 1.165) is 0 Å². The summed E-state index contributed by atoms with van der Waals surface area (Å²) in [7, 11) is 0. The van der Waals surface area contributed by atoms with Crippen molar-refractivity contribution in [1.29, 1.82) is 0 Å². The minimum Gasteiger partial charge on any atom is -0.461 e. The van der Waals surface area contributed by atoms with Gasteiger partial charge in [0, 0.05) is 5.54 Å². The first kappa shape index (κ1) is 12.9. The molecule has 3 N–H and O–H groups in total. The van der Waals surface area contributed by atoms with E-state index in [1.54, 1.807) is 0 Å². The second-order valence-electron chi connectivity index (χ2n) is 5.59. The Kier molecular flexibility index (Phi) is 3.28. The van der Waals surface area contributed by atoms with E-state index in [-0.39, 0.29) is 23.6 Å². The molecule has 18 heavy (non-hydrogen) atoms. The third-order valence-electron chi connectivity index (χ3n) is 3.01. The standard InChI is InChI=1S/C12H21N5O/c1-7(2)18-11-15-9(13)14-10(16-11)17-12(3,4)8-5-6-8/h7-8H,5-6H2,1-4H3,(H3,13,14,15,16,17). The number of anilines is 2. The van der Waals surface area contributed by atoms with Crippen molar-refractivity contribution in [3.8, 4) is 6.01 Å². The molecular formula is C12H21N5O. The third-order valence-corrected chi connectivity index (χ3v) is 3.01. The topological polar surface area (TPSA) is 86.0 Å². The Labute approximate surface area is 107 Å². The molecule has 0 amide bonds. The van der Waals surface area contributed by atoms with Gasteiger partial charge in [-0.2, -0.15) is 15.0 Å². The number of aromatic nitrogens is 3. The summed E-state index contributed by atoms with van der Waals surface area (Å²) in [6.07, 6.45) is 2.50. The van der Waals surface area contributed by atoms with Crippen LogP contribution in [0.1, 0.15) is 40.5 Å². The summed E-state index contributed by atoms with van der Waals surface area (Å²) in [6, 6.07) is 0.270. The average molecular weight is 251 g/mol. The lowest BCUT2D eigenvalue weighted by molar-refractivity contribution is 0.222. The Hall–Kier alpha value is -1.59. The first-order valence-electron chi connectivity index (χ1n) is 6.33. The highest BCUT2D eigenvalue weighted by Crippen LogP contribution is 2.40. The quantitative estimate of drug-likeness (QED) is 0.830. The fraction of sp³-hybridized carbons (Fsp3) is 0.750. The molecule has 1 aliphatic carbocycles. The van der Waals surface area contributed by atoms with Gasteiger partial charge in [-0.05, 0) is 46.5 Å². The maximum Gasteiger partial charge on any atom is 0.323 e. The molecule has 0 unspecified atom stereocenters. The van der Waals surface area contributed by atoms with Crippen LogP contribution < -0.4 is 15.8 Å². The van der Waals surface area contributed by atoms with Crippen molar-refractivity contribution in [3.05, 3.63) is 0 Å². The van der Waals surface area contributed by atoms with Gasteiger partial charge in [0.25, 0.3) is 0 Å². The molecule has 1 saturated carbocycles. The smallest absolute Gasteiger partial charge is 0.323 e. The molecule has 6 nitrogen and oxygen atoms in total. The van der Waals surface area contributed by atoms with Crippen LogP contribution in [0, 0.1) is 5.92 Å². The largest absolute Gasteiger partial charge is 0.461 e. The Morgan fingerprint density at radius 1 is 1.28 bits per heavy atom. The van der Waals surface area contributed by atoms with Gasteiger partial charge in [-0.1, -0.05) is 0 Å². The fourth-order valence-corrected chi connectivity index (χ4v) is 1.89. The van der Waals surface area contributed by atoms with E-state index in [4.69, 9.17) is 10.5 Å². The monoisotopic (exact) mass is 251 g/mol. The van der Waals surface area contributed by atoms with Crippen molar-refractivity contribution >= 4 is 11.9 Å². The van der Waals surface area contributed by atoms with Crippen molar-refractivity contribution in [2.45, 2.75) is 52.2 Å². The van der Waals surface area contributed by atoms with Gasteiger partial charge in [0.05, 0.1) is 6.10 Å². The van der Waals surface area contributed by atoms with E-state index in [2.05, 4.69) is 34.1 Å². The number of nitrogens with one attached hydrogen (secondary N) is 1. The van der Waals surface area contributed by atoms with Crippen molar-refractivity contribution in [1.82, 2.24) is 15.0 Å². The number of hydrogen-bond acceptors (Lipinski definition) is 6. The van der Waals surface area contributed by atoms with Gasteiger partial charge in [-0.25, -0.2) is 0 Å². The number of rotatable bonds is 5. The highest BCUT2D eigenvalue weighted by molar-refractivity contribution is 5.35. The summed E-state index contributed by atoms with van der Waals surface area (Å²) in [5, 5.41) is 3.31. The maximum atomic E-state index is 5.66. The molecule has 0 saturated heterocycles. The third kappa shape index (κ3) is 3.21. The zero-order valence-electron chi connectivity index (χ0n) is 11.4. The van der Waals surface area contributed by atoms with E-state index in [0.29, 0.717) is 11.9 Å². The maximum absolute atomic E-state index is 5.66. The van der Waals surface area contributed by atoms with Crippen LogP contribution in [0.5, 0.6) is 6.01 Å². The van der Waals surface area contributed by atoms with Crippen LogP contribution in [0.25, 0.3) is 0 Å². The summed E-state index contributed by atoms with van der Waals surface area (Å²) in [6.45, 7) is 8.13. The second kappa shape index (κ2) is 4.59. The predicted octanol–water partition coefficient (Wildman–Crippen LogP) is 1.84. The summed E-state index contributed by atoms with van der Waals surface area (Å²) in [5.74, 6) is 1.33. The van der Waals surface area contributed by atoms with Gasteiger partial charge >= 0.3 is 6.01 Å². The minimum absolute atomic E-state index is 0.0103. The summed E-state index contributed by atoms with van der Waals surface area (Å²) in [5.41, 5.74) is 5.64. The SMILES string of the molecule is CC(C)Oc1nc(N)nc(NC(C)(C)C2CC2)n1. The predicted molar refractivity (Wildman–Crippen MR) is 70.4 cm³/mol. The van der Waals surface area contributed by atoms with Gasteiger partial charge in [0.15, 0.2) is 0 Å². The number of nitrogens with two attached hydrogens (primary N) is 1. The fourth-order valence-electron chi connectivity index (χ4n) is 1.89. The molecule has 0 radical (unpaired) electrons.